The summed E-state index contributed by atoms with van der Waals surface area (Å²) in [6, 6.07) is 25.5. The molecule has 0 spiro atoms. The number of hydrogen-bond donors (Lipinski definition) is 2. The van der Waals surface area contributed by atoms with Crippen LogP contribution in [0.4, 0.5) is 4.79 Å². The van der Waals surface area contributed by atoms with E-state index in [0.717, 1.165) is 11.1 Å². The van der Waals surface area contributed by atoms with Crippen LogP contribution in [-0.4, -0.2) is 44.1 Å². The van der Waals surface area contributed by atoms with E-state index in [9.17, 15) is 9.59 Å². The highest BCUT2D eigenvalue weighted by Crippen LogP contribution is 2.20. The molecule has 0 aliphatic heterocycles. The van der Waals surface area contributed by atoms with E-state index in [-0.39, 0.29) is 12.5 Å². The van der Waals surface area contributed by atoms with Gasteiger partial charge in [-0.1, -0.05) is 72.8 Å². The normalized spacial score (nSPS) is 11.5. The van der Waals surface area contributed by atoms with Crippen LogP contribution in [0.3, 0.4) is 0 Å². The lowest BCUT2D eigenvalue weighted by atomic mass is 10.1. The molecule has 0 heterocycles. The summed E-state index contributed by atoms with van der Waals surface area (Å²) in [4.78, 5) is 27.3. The molecule has 1 atom stereocenters. The van der Waals surface area contributed by atoms with E-state index >= 15 is 0 Å². The molecule has 3 rings (SSSR count). The van der Waals surface area contributed by atoms with Crippen molar-refractivity contribution in [2.24, 2.45) is 0 Å². The van der Waals surface area contributed by atoms with Crippen molar-refractivity contribution >= 4 is 12.0 Å². The summed E-state index contributed by atoms with van der Waals surface area (Å²) in [7, 11) is 3.86. The molecular weight excluding hydrogens is 430 g/mol. The second-order valence-corrected chi connectivity index (χ2v) is 8.08. The van der Waals surface area contributed by atoms with Crippen molar-refractivity contribution in [1.29, 1.82) is 0 Å². The molecule has 3 aromatic carbocycles. The molecular formula is C27H31N3O4. The molecule has 0 aliphatic rings. The maximum Gasteiger partial charge on any atom is 0.408 e. The van der Waals surface area contributed by atoms with Crippen LogP contribution in [0, 0.1) is 0 Å². The maximum absolute atomic E-state index is 12.9. The zero-order valence-corrected chi connectivity index (χ0v) is 19.6. The first-order valence-electron chi connectivity index (χ1n) is 11.2. The molecule has 2 amide bonds. The summed E-state index contributed by atoms with van der Waals surface area (Å²) < 4.78 is 11.2. The molecule has 0 bridgehead atoms. The molecule has 0 fully saturated rings. The van der Waals surface area contributed by atoms with Crippen LogP contribution in [0.2, 0.25) is 0 Å². The lowest BCUT2D eigenvalue weighted by molar-refractivity contribution is -0.123. The first kappa shape index (κ1) is 24.8. The molecule has 178 valence electrons. The van der Waals surface area contributed by atoms with Crippen molar-refractivity contribution < 1.29 is 19.1 Å². The first-order valence-corrected chi connectivity index (χ1v) is 11.2. The Hall–Kier alpha value is -3.84. The second kappa shape index (κ2) is 13.0. The quantitative estimate of drug-likeness (QED) is 0.453. The van der Waals surface area contributed by atoms with Gasteiger partial charge in [0.2, 0.25) is 5.91 Å². The lowest BCUT2D eigenvalue weighted by Gasteiger charge is -2.20. The van der Waals surface area contributed by atoms with E-state index in [2.05, 4.69) is 10.6 Å². The van der Waals surface area contributed by atoms with Crippen molar-refractivity contribution in [3.05, 3.63) is 102 Å². The number of ether oxygens (including phenoxy) is 2. The first-order chi connectivity index (χ1) is 16.5. The van der Waals surface area contributed by atoms with E-state index in [1.54, 1.807) is 24.3 Å². The lowest BCUT2D eigenvalue weighted by Crippen LogP contribution is -2.42. The van der Waals surface area contributed by atoms with E-state index in [0.29, 0.717) is 31.0 Å². The Morgan fingerprint density at radius 2 is 1.41 bits per heavy atom. The fraction of sp³-hybridized carbons (Fsp3) is 0.259. The van der Waals surface area contributed by atoms with Gasteiger partial charge in [0.15, 0.2) is 0 Å². The highest BCUT2D eigenvalue weighted by atomic mass is 16.5. The number of nitrogens with zero attached hydrogens (tertiary/aromatic N) is 1. The highest BCUT2D eigenvalue weighted by Gasteiger charge is 2.23. The predicted molar refractivity (Wildman–Crippen MR) is 131 cm³/mol. The van der Waals surface area contributed by atoms with Crippen LogP contribution in [0.15, 0.2) is 84.9 Å². The third kappa shape index (κ3) is 8.26. The molecule has 7 nitrogen and oxygen atoms in total. The monoisotopic (exact) mass is 461 g/mol. The van der Waals surface area contributed by atoms with Gasteiger partial charge in [0.25, 0.3) is 0 Å². The van der Waals surface area contributed by atoms with Gasteiger partial charge in [0, 0.05) is 13.1 Å². The molecule has 0 unspecified atom stereocenters. The van der Waals surface area contributed by atoms with Crippen LogP contribution in [0.25, 0.3) is 0 Å². The number of carbonyl (C=O) groups excluding carboxylic acids is 2. The van der Waals surface area contributed by atoms with Gasteiger partial charge in [-0.2, -0.15) is 0 Å². The zero-order valence-electron chi connectivity index (χ0n) is 19.6. The molecule has 0 aliphatic carbocycles. The van der Waals surface area contributed by atoms with E-state index in [1.807, 2.05) is 79.7 Å². The molecule has 2 N–H and O–H groups in total. The summed E-state index contributed by atoms with van der Waals surface area (Å²) in [5, 5.41) is 5.56. The van der Waals surface area contributed by atoms with Gasteiger partial charge in [-0.25, -0.2) is 4.79 Å². The standard InChI is InChI=1S/C27H31N3O4/c1-30(2)18-17-28-26(31)25(29-27(32)34-20-22-11-7-4-8-12-22)23-13-15-24(16-14-23)33-19-21-9-5-3-6-10-21/h3-16,25H,17-20H2,1-2H3,(H,28,31)(H,29,32)/t25-/m1/s1. The number of carbonyl (C=O) groups is 2. The van der Waals surface area contributed by atoms with Crippen molar-refractivity contribution in [2.45, 2.75) is 19.3 Å². The van der Waals surface area contributed by atoms with Gasteiger partial charge in [-0.15, -0.1) is 0 Å². The number of amides is 2. The van der Waals surface area contributed by atoms with Gasteiger partial charge in [0.05, 0.1) is 0 Å². The molecule has 0 radical (unpaired) electrons. The topological polar surface area (TPSA) is 79.9 Å². The second-order valence-electron chi connectivity index (χ2n) is 8.08. The third-order valence-electron chi connectivity index (χ3n) is 5.06. The summed E-state index contributed by atoms with van der Waals surface area (Å²) >= 11 is 0. The fourth-order valence-electron chi connectivity index (χ4n) is 3.19. The minimum Gasteiger partial charge on any atom is -0.489 e. The Morgan fingerprint density at radius 1 is 0.824 bits per heavy atom. The molecule has 0 aromatic heterocycles. The van der Waals surface area contributed by atoms with Gasteiger partial charge in [0.1, 0.15) is 25.0 Å². The Labute approximate surface area is 200 Å². The van der Waals surface area contributed by atoms with Crippen molar-refractivity contribution in [3.63, 3.8) is 0 Å². The molecule has 34 heavy (non-hydrogen) atoms. The Bertz CT molecular complexity index is 1020. The number of rotatable bonds is 11. The van der Waals surface area contributed by atoms with Gasteiger partial charge >= 0.3 is 6.09 Å². The molecule has 0 saturated heterocycles. The minimum absolute atomic E-state index is 0.119. The smallest absolute Gasteiger partial charge is 0.408 e. The Balaban J connectivity index is 1.64. The highest BCUT2D eigenvalue weighted by molar-refractivity contribution is 5.86. The Kier molecular flexibility index (Phi) is 9.49. The van der Waals surface area contributed by atoms with Crippen LogP contribution in [0.5, 0.6) is 5.75 Å². The average molecular weight is 462 g/mol. The SMILES string of the molecule is CN(C)CCNC(=O)[C@H](NC(=O)OCc1ccccc1)c1ccc(OCc2ccccc2)cc1. The van der Waals surface area contributed by atoms with Gasteiger partial charge < -0.3 is 25.0 Å². The molecule has 0 saturated carbocycles. The summed E-state index contributed by atoms with van der Waals surface area (Å²) in [6.45, 7) is 1.71. The summed E-state index contributed by atoms with van der Waals surface area (Å²) in [5.74, 6) is 0.363. The van der Waals surface area contributed by atoms with Crippen molar-refractivity contribution in [1.82, 2.24) is 15.5 Å². The van der Waals surface area contributed by atoms with Crippen LogP contribution >= 0.6 is 0 Å². The number of hydrogen-bond acceptors (Lipinski definition) is 5. The summed E-state index contributed by atoms with van der Waals surface area (Å²) in [6.07, 6.45) is -0.666. The number of benzene rings is 3. The predicted octanol–water partition coefficient (Wildman–Crippen LogP) is 3.91. The molecule has 3 aromatic rings. The van der Waals surface area contributed by atoms with Crippen molar-refractivity contribution in [3.8, 4) is 5.75 Å². The number of likely N-dealkylation sites (N-methyl/N-ethyl adjacent to an activating group) is 1. The van der Waals surface area contributed by atoms with E-state index in [4.69, 9.17) is 9.47 Å². The Morgan fingerprint density at radius 3 is 2.00 bits per heavy atom. The van der Waals surface area contributed by atoms with E-state index < -0.39 is 12.1 Å². The fourth-order valence-corrected chi connectivity index (χ4v) is 3.19. The van der Waals surface area contributed by atoms with E-state index in [1.165, 1.54) is 0 Å². The van der Waals surface area contributed by atoms with Crippen LogP contribution in [0.1, 0.15) is 22.7 Å². The summed E-state index contributed by atoms with van der Waals surface area (Å²) in [5.41, 5.74) is 2.56. The van der Waals surface area contributed by atoms with Gasteiger partial charge in [-0.3, -0.25) is 4.79 Å². The van der Waals surface area contributed by atoms with Crippen molar-refractivity contribution in [2.75, 3.05) is 27.2 Å². The van der Waals surface area contributed by atoms with Crippen LogP contribution in [-0.2, 0) is 22.7 Å². The third-order valence-corrected chi connectivity index (χ3v) is 5.06. The number of alkyl carbamates (subject to hydrolysis) is 1. The molecule has 7 heteroatoms. The van der Waals surface area contributed by atoms with Gasteiger partial charge in [-0.05, 0) is 42.9 Å². The maximum atomic E-state index is 12.9. The van der Waals surface area contributed by atoms with Crippen LogP contribution < -0.4 is 15.4 Å². The zero-order chi connectivity index (χ0) is 24.2. The largest absolute Gasteiger partial charge is 0.489 e. The average Bonchev–Trinajstić information content (AvgIpc) is 2.86. The minimum atomic E-state index is -0.895. The number of nitrogens with one attached hydrogen (secondary N) is 2.